The molecule has 3 aliphatic heterocycles. The van der Waals surface area contributed by atoms with Gasteiger partial charge in [0, 0.05) is 49.2 Å². The zero-order valence-electron chi connectivity index (χ0n) is 21.2. The van der Waals surface area contributed by atoms with Gasteiger partial charge in [0.2, 0.25) is 0 Å². The summed E-state index contributed by atoms with van der Waals surface area (Å²) in [6, 6.07) is 23.0. The van der Waals surface area contributed by atoms with Gasteiger partial charge in [-0.15, -0.1) is 24.8 Å². The van der Waals surface area contributed by atoms with Crippen molar-refractivity contribution in [2.24, 2.45) is 0 Å². The Morgan fingerprint density at radius 1 is 0.838 bits per heavy atom. The summed E-state index contributed by atoms with van der Waals surface area (Å²) in [4.78, 5) is 7.49. The molecule has 198 valence electrons. The van der Waals surface area contributed by atoms with Crippen LogP contribution in [0.2, 0.25) is 0 Å². The van der Waals surface area contributed by atoms with Gasteiger partial charge in [-0.25, -0.2) is 4.39 Å². The Kier molecular flexibility index (Phi) is 9.22. The number of hydrogen-bond acceptors (Lipinski definition) is 4. The molecule has 0 N–H and O–H groups in total. The molecular formula is C30H36Cl2FN3O. The van der Waals surface area contributed by atoms with E-state index in [-0.39, 0.29) is 30.6 Å². The van der Waals surface area contributed by atoms with Crippen LogP contribution in [-0.4, -0.2) is 43.7 Å². The van der Waals surface area contributed by atoms with Crippen LogP contribution in [-0.2, 0) is 13.0 Å². The lowest BCUT2D eigenvalue weighted by molar-refractivity contribution is 0.261. The minimum absolute atomic E-state index is 0. The number of halogens is 3. The van der Waals surface area contributed by atoms with Gasteiger partial charge in [0.1, 0.15) is 18.2 Å². The van der Waals surface area contributed by atoms with Crippen LogP contribution < -0.4 is 14.5 Å². The van der Waals surface area contributed by atoms with Gasteiger partial charge in [0.05, 0.1) is 5.69 Å². The summed E-state index contributed by atoms with van der Waals surface area (Å²) in [7, 11) is 0. The molecular weight excluding hydrogens is 508 g/mol. The van der Waals surface area contributed by atoms with Crippen molar-refractivity contribution in [1.82, 2.24) is 4.90 Å². The van der Waals surface area contributed by atoms with Crippen LogP contribution >= 0.6 is 24.8 Å². The molecule has 0 aromatic heterocycles. The molecule has 0 unspecified atom stereocenters. The average molecular weight is 545 g/mol. The lowest BCUT2D eigenvalue weighted by Gasteiger charge is -2.32. The molecule has 0 saturated carbocycles. The van der Waals surface area contributed by atoms with E-state index in [0.29, 0.717) is 12.6 Å². The van der Waals surface area contributed by atoms with Crippen molar-refractivity contribution in [3.63, 3.8) is 0 Å². The molecule has 3 aromatic carbocycles. The molecule has 1 atom stereocenters. The standard InChI is InChI=1S/C30H34FN3O.2ClH/c31-25-11-14-28-24(20-25)22-35-30-8-2-1-7-29(30)34(28)21-27-6-5-18-33(27)19-15-23-9-12-26(13-10-23)32-16-3-4-17-32;;/h1-2,7-14,20,27H,3-6,15-19,21-22H2;2*1H/t27-;;/m1../s1. The van der Waals surface area contributed by atoms with Crippen molar-refractivity contribution in [3.8, 4) is 5.75 Å². The maximum Gasteiger partial charge on any atom is 0.143 e. The molecule has 2 fully saturated rings. The van der Waals surface area contributed by atoms with E-state index < -0.39 is 0 Å². The van der Waals surface area contributed by atoms with E-state index in [0.717, 1.165) is 48.7 Å². The summed E-state index contributed by atoms with van der Waals surface area (Å²) < 4.78 is 20.1. The third kappa shape index (κ3) is 6.00. The monoisotopic (exact) mass is 543 g/mol. The number of benzene rings is 3. The SMILES string of the molecule is Cl.Cl.Fc1ccc2c(c1)COc1ccccc1N2C[C@H]1CCCN1CCc1ccc(N2CCCC2)cc1. The van der Waals surface area contributed by atoms with Gasteiger partial charge in [-0.1, -0.05) is 24.3 Å². The van der Waals surface area contributed by atoms with Crippen molar-refractivity contribution in [2.45, 2.75) is 44.8 Å². The fourth-order valence-electron chi connectivity index (χ4n) is 5.95. The highest BCUT2D eigenvalue weighted by Crippen LogP contribution is 2.40. The Labute approximate surface area is 232 Å². The van der Waals surface area contributed by atoms with E-state index in [2.05, 4.69) is 51.1 Å². The van der Waals surface area contributed by atoms with Crippen LogP contribution in [0.1, 0.15) is 36.8 Å². The highest BCUT2D eigenvalue weighted by Gasteiger charge is 2.30. The Balaban J connectivity index is 0.00000160. The van der Waals surface area contributed by atoms with Crippen molar-refractivity contribution < 1.29 is 9.13 Å². The largest absolute Gasteiger partial charge is 0.487 e. The maximum atomic E-state index is 14.0. The van der Waals surface area contributed by atoms with E-state index in [9.17, 15) is 4.39 Å². The van der Waals surface area contributed by atoms with E-state index >= 15 is 0 Å². The van der Waals surface area contributed by atoms with Gasteiger partial charge in [0.25, 0.3) is 0 Å². The van der Waals surface area contributed by atoms with Crippen molar-refractivity contribution in [1.29, 1.82) is 0 Å². The first-order valence-electron chi connectivity index (χ1n) is 13.1. The van der Waals surface area contributed by atoms with Crippen LogP contribution in [0.4, 0.5) is 21.5 Å². The maximum absolute atomic E-state index is 14.0. The average Bonchev–Trinajstić information content (AvgIpc) is 3.55. The van der Waals surface area contributed by atoms with Crippen molar-refractivity contribution in [3.05, 3.63) is 83.7 Å². The summed E-state index contributed by atoms with van der Waals surface area (Å²) in [5.74, 6) is 0.656. The van der Waals surface area contributed by atoms with Gasteiger partial charge >= 0.3 is 0 Å². The predicted octanol–water partition coefficient (Wildman–Crippen LogP) is 7.01. The smallest absolute Gasteiger partial charge is 0.143 e. The van der Waals surface area contributed by atoms with E-state index in [1.807, 2.05) is 18.2 Å². The predicted molar refractivity (Wildman–Crippen MR) is 155 cm³/mol. The number of nitrogens with zero attached hydrogens (tertiary/aromatic N) is 3. The van der Waals surface area contributed by atoms with Crippen LogP contribution in [0.25, 0.3) is 0 Å². The Bertz CT molecular complexity index is 1170. The molecule has 3 heterocycles. The minimum atomic E-state index is -0.212. The second kappa shape index (κ2) is 12.4. The molecule has 3 aliphatic rings. The van der Waals surface area contributed by atoms with Crippen molar-refractivity contribution >= 4 is 41.9 Å². The summed E-state index contributed by atoms with van der Waals surface area (Å²) in [6.07, 6.45) is 6.10. The Morgan fingerprint density at radius 3 is 2.43 bits per heavy atom. The van der Waals surface area contributed by atoms with E-state index in [1.54, 1.807) is 12.1 Å². The van der Waals surface area contributed by atoms with Gasteiger partial charge in [-0.3, -0.25) is 4.90 Å². The van der Waals surface area contributed by atoms with Gasteiger partial charge in [0.15, 0.2) is 0 Å². The zero-order valence-corrected chi connectivity index (χ0v) is 22.8. The first-order valence-corrected chi connectivity index (χ1v) is 13.1. The molecule has 37 heavy (non-hydrogen) atoms. The summed E-state index contributed by atoms with van der Waals surface area (Å²) in [6.45, 7) is 5.86. The molecule has 6 rings (SSSR count). The summed E-state index contributed by atoms with van der Waals surface area (Å²) in [5, 5.41) is 0. The fourth-order valence-corrected chi connectivity index (χ4v) is 5.95. The van der Waals surface area contributed by atoms with Crippen LogP contribution in [0.5, 0.6) is 5.75 Å². The molecule has 0 radical (unpaired) electrons. The number of hydrogen-bond donors (Lipinski definition) is 0. The number of para-hydroxylation sites is 2. The minimum Gasteiger partial charge on any atom is -0.487 e. The quantitative estimate of drug-likeness (QED) is 0.333. The topological polar surface area (TPSA) is 19.0 Å². The second-order valence-electron chi connectivity index (χ2n) is 10.1. The number of likely N-dealkylation sites (tertiary alicyclic amines) is 1. The fraction of sp³-hybridized carbons (Fsp3) is 0.400. The lowest BCUT2D eigenvalue weighted by atomic mass is 10.1. The molecule has 2 saturated heterocycles. The summed E-state index contributed by atoms with van der Waals surface area (Å²) >= 11 is 0. The lowest BCUT2D eigenvalue weighted by Crippen LogP contribution is -2.39. The Morgan fingerprint density at radius 2 is 1.62 bits per heavy atom. The normalized spacial score (nSPS) is 18.8. The van der Waals surface area contributed by atoms with E-state index in [4.69, 9.17) is 4.74 Å². The number of anilines is 3. The molecule has 0 amide bonds. The van der Waals surface area contributed by atoms with Gasteiger partial charge in [-0.05, 0) is 86.7 Å². The van der Waals surface area contributed by atoms with Crippen LogP contribution in [0, 0.1) is 5.82 Å². The molecule has 0 spiro atoms. The molecule has 7 heteroatoms. The molecule has 0 bridgehead atoms. The highest BCUT2D eigenvalue weighted by atomic mass is 35.5. The third-order valence-corrected chi connectivity index (χ3v) is 7.86. The van der Waals surface area contributed by atoms with Crippen LogP contribution in [0.3, 0.4) is 0 Å². The first-order chi connectivity index (χ1) is 17.2. The highest BCUT2D eigenvalue weighted by molar-refractivity contribution is 5.85. The Hall–Kier alpha value is -2.47. The van der Waals surface area contributed by atoms with Crippen molar-refractivity contribution in [2.75, 3.05) is 42.5 Å². The summed E-state index contributed by atoms with van der Waals surface area (Å²) in [5.41, 5.74) is 5.81. The molecule has 3 aromatic rings. The number of rotatable bonds is 6. The van der Waals surface area contributed by atoms with Gasteiger partial charge < -0.3 is 14.5 Å². The zero-order chi connectivity index (χ0) is 23.6. The number of ether oxygens (including phenoxy) is 1. The van der Waals surface area contributed by atoms with Gasteiger partial charge in [-0.2, -0.15) is 0 Å². The van der Waals surface area contributed by atoms with Crippen LogP contribution in [0.15, 0.2) is 66.7 Å². The van der Waals surface area contributed by atoms with E-state index in [1.165, 1.54) is 50.0 Å². The third-order valence-electron chi connectivity index (χ3n) is 7.86. The molecule has 4 nitrogen and oxygen atoms in total. The molecule has 0 aliphatic carbocycles. The number of fused-ring (bicyclic) bond motifs is 2. The first kappa shape index (κ1) is 27.6. The second-order valence-corrected chi connectivity index (χ2v) is 10.1.